The zero-order chi connectivity index (χ0) is 71.9. The first kappa shape index (κ1) is 95.9. The van der Waals surface area contributed by atoms with Crippen molar-refractivity contribution in [3.8, 4) is 0 Å². The van der Waals surface area contributed by atoms with Crippen LogP contribution in [0.5, 0.6) is 0 Å². The van der Waals surface area contributed by atoms with Crippen LogP contribution in [0.2, 0.25) is 0 Å². The minimum atomic E-state index is -4.55. The Labute approximate surface area is 667 Å². The minimum Gasteiger partial charge on any atom is -0.744 e. The van der Waals surface area contributed by atoms with Crippen molar-refractivity contribution in [3.05, 3.63) is 82.9 Å². The van der Waals surface area contributed by atoms with Crippen molar-refractivity contribution in [2.24, 2.45) is 0 Å². The molecule has 0 saturated heterocycles. The average molecular weight is 1560 g/mol. The van der Waals surface area contributed by atoms with Gasteiger partial charge in [-0.2, -0.15) is 0 Å². The van der Waals surface area contributed by atoms with Gasteiger partial charge in [0.25, 0.3) is 0 Å². The van der Waals surface area contributed by atoms with E-state index in [9.17, 15) is 25.9 Å². The first-order chi connectivity index (χ1) is 49.0. The molecule has 4 rings (SSSR count). The zero-order valence-corrected chi connectivity index (χ0v) is 72.9. The maximum Gasteiger partial charge on any atom is 2.00 e. The molecule has 9 heteroatoms. The molecule has 0 atom stereocenters. The van der Waals surface area contributed by atoms with Crippen LogP contribution < -0.4 is 0 Å². The monoisotopic (exact) mass is 1560 g/mol. The number of hydrogen-bond acceptors (Lipinski definition) is 6. The van der Waals surface area contributed by atoms with Crippen LogP contribution in [-0.2, 0) is 45.9 Å². The van der Waals surface area contributed by atoms with Crippen LogP contribution in [0.3, 0.4) is 0 Å². The zero-order valence-electron chi connectivity index (χ0n) is 66.8. The van der Waals surface area contributed by atoms with Gasteiger partial charge in [-0.3, -0.25) is 0 Å². The van der Waals surface area contributed by atoms with E-state index in [-0.39, 0.29) is 58.7 Å². The standard InChI is InChI=1S/2C46H80O3S.Ba/c2*1-3-5-7-9-11-13-15-17-19-21-23-25-27-29-31-33-37-42-41-43(46(50(47,48)49)45-40-36-35-39-44(42)45)38-34-32-30-28-26-24-22-20-18-16-14-12-10-8-6-4-2;/h2*35-36,39-41H,3-34,37-38H2,1-2H3,(H,47,48,49);/q;;+2/p-2. The fourth-order valence-electron chi connectivity index (χ4n) is 15.8. The second-order valence-electron chi connectivity index (χ2n) is 31.3. The minimum absolute atomic E-state index is 0. The third-order valence-electron chi connectivity index (χ3n) is 22.0. The summed E-state index contributed by atoms with van der Waals surface area (Å²) in [7, 11) is -9.10. The van der Waals surface area contributed by atoms with Gasteiger partial charge < -0.3 is 9.11 Å². The average Bonchev–Trinajstić information content (AvgIpc) is 0.775. The maximum absolute atomic E-state index is 12.5. The van der Waals surface area contributed by atoms with Gasteiger partial charge in [0, 0.05) is 0 Å². The SMILES string of the molecule is CCCCCCCCCCCCCCCCCCc1cc(CCCCCCCCCCCCCCCCCC)c2ccccc2c1S(=O)(=O)[O-].CCCCCCCCCCCCCCCCCCc1cc(CCCCCCCCCCCCCCCCCC)c2ccccc2c1S(=O)(=O)[O-].[Ba+2]. The molecular formula is C92H158BaO6S2. The van der Waals surface area contributed by atoms with Gasteiger partial charge in [-0.05, 0) is 95.2 Å². The number of hydrogen-bond donors (Lipinski definition) is 0. The third-order valence-corrected chi connectivity index (χ3v) is 24.0. The van der Waals surface area contributed by atoms with E-state index in [1.54, 1.807) is 0 Å². The maximum atomic E-state index is 12.5. The molecule has 0 amide bonds. The Morgan fingerprint density at radius 1 is 0.208 bits per heavy atom. The number of aryl methyl sites for hydroxylation is 4. The molecule has 0 aliphatic carbocycles. The summed E-state index contributed by atoms with van der Waals surface area (Å²) in [6.07, 6.45) is 88.8. The second-order valence-corrected chi connectivity index (χ2v) is 33.9. The Hall–Kier alpha value is -1.21. The molecule has 4 aromatic carbocycles. The van der Waals surface area contributed by atoms with Crippen LogP contribution in [0.25, 0.3) is 21.5 Å². The summed E-state index contributed by atoms with van der Waals surface area (Å²) >= 11 is 0. The van der Waals surface area contributed by atoms with Crippen LogP contribution in [0.15, 0.2) is 70.5 Å². The van der Waals surface area contributed by atoms with Gasteiger partial charge >= 0.3 is 48.9 Å². The summed E-state index contributed by atoms with van der Waals surface area (Å²) < 4.78 is 75.1. The van der Waals surface area contributed by atoms with E-state index in [4.69, 9.17) is 0 Å². The van der Waals surface area contributed by atoms with Crippen molar-refractivity contribution in [2.75, 3.05) is 0 Å². The van der Waals surface area contributed by atoms with Gasteiger partial charge in [0.15, 0.2) is 0 Å². The smallest absolute Gasteiger partial charge is 0.744 e. The van der Waals surface area contributed by atoms with E-state index in [2.05, 4.69) is 39.8 Å². The van der Waals surface area contributed by atoms with E-state index in [1.807, 2.05) is 48.5 Å². The molecule has 0 N–H and O–H groups in total. The summed E-state index contributed by atoms with van der Waals surface area (Å²) in [6, 6.07) is 19.5. The molecule has 0 heterocycles. The Kier molecular flexibility index (Phi) is 63.5. The molecule has 101 heavy (non-hydrogen) atoms. The van der Waals surface area contributed by atoms with Gasteiger partial charge in [-0.1, -0.05) is 474 Å². The second kappa shape index (κ2) is 67.0. The largest absolute Gasteiger partial charge is 2.00 e. The van der Waals surface area contributed by atoms with E-state index in [0.29, 0.717) is 23.6 Å². The van der Waals surface area contributed by atoms with Gasteiger partial charge in [0.2, 0.25) is 0 Å². The van der Waals surface area contributed by atoms with Gasteiger partial charge in [-0.25, -0.2) is 16.8 Å². The summed E-state index contributed by atoms with van der Waals surface area (Å²) in [6.45, 7) is 9.13. The van der Waals surface area contributed by atoms with E-state index in [0.717, 1.165) is 73.3 Å². The normalized spacial score (nSPS) is 11.9. The fourth-order valence-corrected chi connectivity index (χ4v) is 17.7. The topological polar surface area (TPSA) is 114 Å². The number of unbranched alkanes of at least 4 members (excludes halogenated alkanes) is 60. The molecule has 0 unspecified atom stereocenters. The molecule has 0 aliphatic rings. The van der Waals surface area contributed by atoms with Crippen LogP contribution in [0.1, 0.15) is 461 Å². The Bertz CT molecular complexity index is 2570. The number of benzene rings is 4. The summed E-state index contributed by atoms with van der Waals surface area (Å²) in [5.74, 6) is 0. The van der Waals surface area contributed by atoms with E-state index >= 15 is 0 Å². The van der Waals surface area contributed by atoms with Gasteiger partial charge in [0.05, 0.1) is 9.79 Å². The van der Waals surface area contributed by atoms with Crippen LogP contribution >= 0.6 is 0 Å². The molecule has 0 bridgehead atoms. The molecule has 6 nitrogen and oxygen atoms in total. The first-order valence-corrected chi connectivity index (χ1v) is 46.8. The van der Waals surface area contributed by atoms with Crippen molar-refractivity contribution in [1.29, 1.82) is 0 Å². The molecule has 0 spiro atoms. The van der Waals surface area contributed by atoms with Crippen molar-refractivity contribution in [1.82, 2.24) is 0 Å². The van der Waals surface area contributed by atoms with Crippen LogP contribution in [0, 0.1) is 0 Å². The van der Waals surface area contributed by atoms with Gasteiger partial charge in [0.1, 0.15) is 20.2 Å². The molecule has 576 valence electrons. The molecule has 0 aliphatic heterocycles. The molecule has 0 saturated carbocycles. The number of rotatable bonds is 70. The molecule has 0 radical (unpaired) electrons. The molecule has 0 fully saturated rings. The predicted octanol–water partition coefficient (Wildman–Crippen LogP) is 30.3. The summed E-state index contributed by atoms with van der Waals surface area (Å²) in [4.78, 5) is 0.0644. The van der Waals surface area contributed by atoms with Gasteiger partial charge in [-0.15, -0.1) is 0 Å². The van der Waals surface area contributed by atoms with Crippen molar-refractivity contribution >= 4 is 90.7 Å². The first-order valence-electron chi connectivity index (χ1n) is 44.0. The van der Waals surface area contributed by atoms with Crippen molar-refractivity contribution < 1.29 is 25.9 Å². The molecule has 4 aromatic rings. The Morgan fingerprint density at radius 2 is 0.347 bits per heavy atom. The van der Waals surface area contributed by atoms with Crippen molar-refractivity contribution in [3.63, 3.8) is 0 Å². The Morgan fingerprint density at radius 3 is 0.505 bits per heavy atom. The predicted molar refractivity (Wildman–Crippen MR) is 443 cm³/mol. The number of fused-ring (bicyclic) bond motifs is 2. The van der Waals surface area contributed by atoms with Crippen LogP contribution in [-0.4, -0.2) is 74.8 Å². The quantitative estimate of drug-likeness (QED) is 0.0247. The third kappa shape index (κ3) is 49.5. The molecular weight excluding hydrogens is 1400 g/mol. The van der Waals surface area contributed by atoms with E-state index < -0.39 is 20.2 Å². The summed E-state index contributed by atoms with van der Waals surface area (Å²) in [5.41, 5.74) is 3.92. The fraction of sp³-hybridized carbons (Fsp3) is 0.783. The van der Waals surface area contributed by atoms with E-state index in [1.165, 1.54) is 384 Å². The summed E-state index contributed by atoms with van der Waals surface area (Å²) in [5, 5.41) is 3.14. The molecule has 0 aromatic heterocycles. The van der Waals surface area contributed by atoms with Crippen molar-refractivity contribution in [2.45, 2.75) is 474 Å². The van der Waals surface area contributed by atoms with Crippen LogP contribution in [0.4, 0.5) is 0 Å². The Balaban J connectivity index is 0.000000680.